The van der Waals surface area contributed by atoms with Crippen LogP contribution < -0.4 is 11.1 Å². The Morgan fingerprint density at radius 2 is 1.70 bits per heavy atom. The Bertz CT molecular complexity index is 1050. The highest BCUT2D eigenvalue weighted by molar-refractivity contribution is 7.21. The fraction of sp³-hybridized carbons (Fsp3) is 0.0500. The van der Waals surface area contributed by atoms with Gasteiger partial charge in [0, 0.05) is 26.2 Å². The van der Waals surface area contributed by atoms with Crippen molar-refractivity contribution >= 4 is 27.1 Å². The Kier molecular flexibility index (Phi) is 3.17. The molecule has 0 atom stereocenters. The van der Waals surface area contributed by atoms with Crippen LogP contribution in [0.5, 0.6) is 0 Å². The van der Waals surface area contributed by atoms with E-state index in [1.807, 2.05) is 24.3 Å². The smallest absolute Gasteiger partial charge is 0.0554 e. The van der Waals surface area contributed by atoms with Crippen LogP contribution in [-0.2, 0) is 0 Å². The molecule has 4 rings (SSSR count). The maximum atomic E-state index is 7.91. The van der Waals surface area contributed by atoms with Crippen LogP contribution in [0.4, 0.5) is 5.69 Å². The minimum Gasteiger partial charge on any atom is -0.399 e. The highest BCUT2D eigenvalue weighted by atomic mass is 32.1. The summed E-state index contributed by atoms with van der Waals surface area (Å²) >= 11 is 1.69. The lowest BCUT2D eigenvalue weighted by atomic mass is 9.95. The van der Waals surface area contributed by atoms with Gasteiger partial charge in [-0.2, -0.15) is 0 Å². The van der Waals surface area contributed by atoms with Crippen molar-refractivity contribution in [1.82, 2.24) is 0 Å². The third-order valence-electron chi connectivity index (χ3n) is 4.09. The van der Waals surface area contributed by atoms with E-state index in [-0.39, 0.29) is 0 Å². The average molecular weight is 316 g/mol. The second kappa shape index (κ2) is 5.21. The van der Waals surface area contributed by atoms with Gasteiger partial charge in [0.05, 0.1) is 5.36 Å². The van der Waals surface area contributed by atoms with E-state index in [9.17, 15) is 0 Å². The van der Waals surface area contributed by atoms with Crippen molar-refractivity contribution in [3.63, 3.8) is 0 Å². The Balaban J connectivity index is 2.17. The fourth-order valence-corrected chi connectivity index (χ4v) is 4.12. The first-order chi connectivity index (χ1) is 11.1. The summed E-state index contributed by atoms with van der Waals surface area (Å²) in [5, 5.41) is 9.65. The lowest BCUT2D eigenvalue weighted by Gasteiger charge is -2.16. The van der Waals surface area contributed by atoms with Crippen LogP contribution in [0.3, 0.4) is 0 Å². The van der Waals surface area contributed by atoms with Crippen LogP contribution in [0.1, 0.15) is 5.56 Å². The molecule has 112 valence electrons. The SMILES string of the molecule is Cc1ccc(-c2c3ccc(=N)cc-3sc3cc(N)ccc23)cc1. The standard InChI is InChI=1S/C20H16N2S/c1-12-2-4-13(5-3-12)20-16-8-6-14(21)10-18(16)23-19-11-15(22)7-9-17(19)20/h2-11,21H,22H2,1H3. The van der Waals surface area contributed by atoms with Crippen LogP contribution in [0.15, 0.2) is 60.7 Å². The van der Waals surface area contributed by atoms with Gasteiger partial charge in [0.2, 0.25) is 0 Å². The normalized spacial score (nSPS) is 11.2. The third kappa shape index (κ3) is 2.39. The van der Waals surface area contributed by atoms with Gasteiger partial charge in [-0.15, -0.1) is 11.3 Å². The van der Waals surface area contributed by atoms with Gasteiger partial charge >= 0.3 is 0 Å². The molecule has 0 fully saturated rings. The zero-order valence-electron chi connectivity index (χ0n) is 12.8. The van der Waals surface area contributed by atoms with E-state index in [0.717, 1.165) is 15.3 Å². The molecule has 0 saturated heterocycles. The molecule has 2 aromatic carbocycles. The van der Waals surface area contributed by atoms with Crippen LogP contribution >= 0.6 is 11.3 Å². The Morgan fingerprint density at radius 1 is 0.913 bits per heavy atom. The van der Waals surface area contributed by atoms with Gasteiger partial charge in [0.15, 0.2) is 0 Å². The predicted molar refractivity (Wildman–Crippen MR) is 98.9 cm³/mol. The second-order valence-electron chi connectivity index (χ2n) is 5.81. The van der Waals surface area contributed by atoms with Crippen molar-refractivity contribution in [2.75, 3.05) is 5.73 Å². The van der Waals surface area contributed by atoms with Crippen LogP contribution in [0.2, 0.25) is 0 Å². The number of fused-ring (bicyclic) bond motifs is 2. The topological polar surface area (TPSA) is 49.9 Å². The molecule has 1 aliphatic carbocycles. The van der Waals surface area contributed by atoms with Crippen LogP contribution in [0.25, 0.3) is 31.7 Å². The van der Waals surface area contributed by atoms with Crippen LogP contribution in [0, 0.1) is 12.3 Å². The summed E-state index contributed by atoms with van der Waals surface area (Å²) < 4.78 is 1.15. The summed E-state index contributed by atoms with van der Waals surface area (Å²) in [6.45, 7) is 2.10. The molecule has 0 bridgehead atoms. The number of nitrogens with two attached hydrogens (primary N) is 1. The average Bonchev–Trinajstić information content (AvgIpc) is 2.53. The first-order valence-electron chi connectivity index (χ1n) is 7.49. The number of anilines is 1. The van der Waals surface area contributed by atoms with E-state index in [2.05, 4.69) is 43.3 Å². The molecule has 1 aliphatic heterocycles. The van der Waals surface area contributed by atoms with E-state index in [1.54, 1.807) is 11.3 Å². The van der Waals surface area contributed by atoms with Gasteiger partial charge in [0.25, 0.3) is 0 Å². The van der Waals surface area contributed by atoms with Gasteiger partial charge in [-0.3, -0.25) is 0 Å². The molecule has 0 saturated carbocycles. The lowest BCUT2D eigenvalue weighted by molar-refractivity contribution is 1.28. The second-order valence-corrected chi connectivity index (χ2v) is 6.89. The largest absolute Gasteiger partial charge is 0.399 e. The summed E-state index contributed by atoms with van der Waals surface area (Å²) in [4.78, 5) is 1.12. The molecule has 3 N–H and O–H groups in total. The molecular formula is C20H16N2S. The van der Waals surface area contributed by atoms with Gasteiger partial charge in [-0.25, -0.2) is 0 Å². The Labute approximate surface area is 138 Å². The minimum atomic E-state index is 0.534. The van der Waals surface area contributed by atoms with E-state index in [4.69, 9.17) is 11.1 Å². The molecule has 0 spiro atoms. The van der Waals surface area contributed by atoms with Gasteiger partial charge < -0.3 is 11.1 Å². The monoisotopic (exact) mass is 316 g/mol. The van der Waals surface area contributed by atoms with E-state index in [0.29, 0.717) is 5.36 Å². The lowest BCUT2D eigenvalue weighted by Crippen LogP contribution is -1.99. The molecule has 1 heterocycles. The first-order valence-corrected chi connectivity index (χ1v) is 8.31. The summed E-state index contributed by atoms with van der Waals surface area (Å²) in [5.41, 5.74) is 11.6. The molecule has 2 nitrogen and oxygen atoms in total. The summed E-state index contributed by atoms with van der Waals surface area (Å²) in [6, 6.07) is 20.5. The molecule has 0 unspecified atom stereocenters. The van der Waals surface area contributed by atoms with Gasteiger partial charge in [0.1, 0.15) is 0 Å². The van der Waals surface area contributed by atoms with Crippen molar-refractivity contribution in [2.45, 2.75) is 6.92 Å². The Hall–Kier alpha value is -2.65. The van der Waals surface area contributed by atoms with Crippen molar-refractivity contribution in [3.8, 4) is 21.6 Å². The Morgan fingerprint density at radius 3 is 2.48 bits per heavy atom. The number of nitrogen functional groups attached to an aromatic ring is 1. The zero-order chi connectivity index (χ0) is 16.0. The molecule has 0 aromatic heterocycles. The zero-order valence-corrected chi connectivity index (χ0v) is 13.6. The van der Waals surface area contributed by atoms with Gasteiger partial charge in [-0.1, -0.05) is 42.0 Å². The predicted octanol–water partition coefficient (Wildman–Crippen LogP) is 5.04. The van der Waals surface area contributed by atoms with E-state index < -0.39 is 0 Å². The highest BCUT2D eigenvalue weighted by Gasteiger charge is 2.15. The molecule has 3 heteroatoms. The summed E-state index contributed by atoms with van der Waals surface area (Å²) in [5.74, 6) is 0. The maximum absolute atomic E-state index is 7.91. The van der Waals surface area contributed by atoms with E-state index >= 15 is 0 Å². The van der Waals surface area contributed by atoms with Crippen molar-refractivity contribution in [3.05, 3.63) is 71.6 Å². The van der Waals surface area contributed by atoms with Crippen molar-refractivity contribution in [2.24, 2.45) is 0 Å². The van der Waals surface area contributed by atoms with E-state index in [1.165, 1.54) is 27.6 Å². The summed E-state index contributed by atoms with van der Waals surface area (Å²) in [7, 11) is 0. The highest BCUT2D eigenvalue weighted by Crippen LogP contribution is 2.43. The number of nitrogens with one attached hydrogen (secondary N) is 1. The van der Waals surface area contributed by atoms with Gasteiger partial charge in [-0.05, 0) is 42.3 Å². The number of rotatable bonds is 1. The molecule has 2 aromatic rings. The van der Waals surface area contributed by atoms with Crippen molar-refractivity contribution in [1.29, 1.82) is 5.41 Å². The first kappa shape index (κ1) is 14.0. The number of aryl methyl sites for hydroxylation is 1. The molecular weight excluding hydrogens is 300 g/mol. The summed E-state index contributed by atoms with van der Waals surface area (Å²) in [6.07, 6.45) is 0. The molecule has 23 heavy (non-hydrogen) atoms. The third-order valence-corrected chi connectivity index (χ3v) is 5.20. The quantitative estimate of drug-likeness (QED) is 0.375. The number of benzene rings is 3. The number of hydrogen-bond acceptors (Lipinski definition) is 3. The molecule has 0 amide bonds. The van der Waals surface area contributed by atoms with Crippen LogP contribution in [-0.4, -0.2) is 0 Å². The fourth-order valence-electron chi connectivity index (χ4n) is 2.94. The number of hydrogen-bond donors (Lipinski definition) is 2. The van der Waals surface area contributed by atoms with Crippen molar-refractivity contribution < 1.29 is 0 Å². The minimum absolute atomic E-state index is 0.534. The molecule has 2 aliphatic rings. The maximum Gasteiger partial charge on any atom is 0.0554 e. The molecule has 0 radical (unpaired) electrons.